The van der Waals surface area contributed by atoms with Crippen molar-refractivity contribution in [2.75, 3.05) is 6.61 Å². The van der Waals surface area contributed by atoms with E-state index in [9.17, 15) is 0 Å². The molecule has 0 unspecified atom stereocenters. The molecule has 1 nitrogen and oxygen atoms in total. The number of benzene rings is 1. The molecule has 0 spiro atoms. The van der Waals surface area contributed by atoms with Crippen LogP contribution in [0.3, 0.4) is 0 Å². The lowest BCUT2D eigenvalue weighted by atomic mass is 10.3. The van der Waals surface area contributed by atoms with Gasteiger partial charge in [0.2, 0.25) is 0 Å². The van der Waals surface area contributed by atoms with Crippen LogP contribution in [0.25, 0.3) is 0 Å². The summed E-state index contributed by atoms with van der Waals surface area (Å²) >= 11 is 5.77. The molecule has 0 fully saturated rings. The molecule has 0 heterocycles. The summed E-state index contributed by atoms with van der Waals surface area (Å²) in [7, 11) is 1.27. The van der Waals surface area contributed by atoms with Gasteiger partial charge in [0, 0.05) is 13.8 Å². The van der Waals surface area contributed by atoms with Crippen LogP contribution in [0, 0.1) is 3.57 Å². The summed E-state index contributed by atoms with van der Waals surface area (Å²) in [6.07, 6.45) is 1.17. The first-order valence-corrected chi connectivity index (χ1v) is 7.60. The van der Waals surface area contributed by atoms with Gasteiger partial charge in [0.25, 0.3) is 0 Å². The van der Waals surface area contributed by atoms with Crippen LogP contribution in [0.15, 0.2) is 22.7 Å². The fraction of sp³-hybridized carbons (Fsp3) is 0.333. The molecule has 0 aromatic heterocycles. The number of ether oxygens (including phenoxy) is 1. The third kappa shape index (κ3) is 3.99. The molecule has 0 aliphatic heterocycles. The SMILES string of the molecule is [SiH3]CCCOc1ccc(I)cc1Br. The van der Waals surface area contributed by atoms with Crippen molar-refractivity contribution in [1.29, 1.82) is 0 Å². The lowest BCUT2D eigenvalue weighted by Gasteiger charge is -2.07. The van der Waals surface area contributed by atoms with Gasteiger partial charge in [0.15, 0.2) is 0 Å². The van der Waals surface area contributed by atoms with Crippen molar-refractivity contribution >= 4 is 48.8 Å². The van der Waals surface area contributed by atoms with Crippen LogP contribution in [-0.2, 0) is 0 Å². The maximum Gasteiger partial charge on any atom is 0.133 e. The summed E-state index contributed by atoms with van der Waals surface area (Å²) in [6.45, 7) is 0.836. The molecular weight excluding hydrogens is 359 g/mol. The number of halogens is 2. The minimum Gasteiger partial charge on any atom is -0.492 e. The standard InChI is InChI=1S/C9H12BrIOSi/c10-8-6-7(11)2-3-9(8)12-4-1-5-13/h2-3,6H,1,4-5H2,13H3. The van der Waals surface area contributed by atoms with E-state index in [0.29, 0.717) is 0 Å². The van der Waals surface area contributed by atoms with E-state index in [2.05, 4.69) is 50.7 Å². The van der Waals surface area contributed by atoms with E-state index in [1.54, 1.807) is 0 Å². The van der Waals surface area contributed by atoms with Gasteiger partial charge in [-0.2, -0.15) is 0 Å². The maximum absolute atomic E-state index is 5.60. The molecule has 0 atom stereocenters. The number of hydrogen-bond donors (Lipinski definition) is 0. The van der Waals surface area contributed by atoms with Crippen molar-refractivity contribution in [1.82, 2.24) is 0 Å². The Hall–Kier alpha value is 0.447. The molecule has 0 N–H and O–H groups in total. The van der Waals surface area contributed by atoms with Crippen molar-refractivity contribution in [3.63, 3.8) is 0 Å². The van der Waals surface area contributed by atoms with E-state index >= 15 is 0 Å². The van der Waals surface area contributed by atoms with Crippen molar-refractivity contribution in [3.05, 3.63) is 26.2 Å². The van der Waals surface area contributed by atoms with Crippen LogP contribution in [0.2, 0.25) is 6.04 Å². The highest BCUT2D eigenvalue weighted by molar-refractivity contribution is 14.1. The molecule has 1 rings (SSSR count). The Labute approximate surface area is 104 Å². The van der Waals surface area contributed by atoms with E-state index < -0.39 is 0 Å². The van der Waals surface area contributed by atoms with Crippen molar-refractivity contribution in [2.24, 2.45) is 0 Å². The van der Waals surface area contributed by atoms with Crippen molar-refractivity contribution in [3.8, 4) is 5.75 Å². The normalized spacial score (nSPS) is 10.3. The minimum atomic E-state index is 0.836. The van der Waals surface area contributed by atoms with Crippen molar-refractivity contribution < 1.29 is 4.74 Å². The van der Waals surface area contributed by atoms with Gasteiger partial charge in [-0.3, -0.25) is 0 Å². The van der Waals surface area contributed by atoms with E-state index in [0.717, 1.165) is 16.8 Å². The average Bonchev–Trinajstić information content (AvgIpc) is 2.09. The third-order valence-electron chi connectivity index (χ3n) is 1.65. The van der Waals surface area contributed by atoms with Gasteiger partial charge in [-0.25, -0.2) is 0 Å². The lowest BCUT2D eigenvalue weighted by molar-refractivity contribution is 0.315. The first-order chi connectivity index (χ1) is 6.24. The van der Waals surface area contributed by atoms with Crippen molar-refractivity contribution in [2.45, 2.75) is 12.5 Å². The van der Waals surface area contributed by atoms with Crippen LogP contribution < -0.4 is 4.74 Å². The molecule has 0 aliphatic rings. The van der Waals surface area contributed by atoms with Gasteiger partial charge >= 0.3 is 0 Å². The zero-order valence-electron chi connectivity index (χ0n) is 7.52. The van der Waals surface area contributed by atoms with E-state index in [4.69, 9.17) is 4.74 Å². The Morgan fingerprint density at radius 3 is 2.85 bits per heavy atom. The Bertz CT molecular complexity index is 280. The van der Waals surface area contributed by atoms with Gasteiger partial charge in [-0.1, -0.05) is 6.04 Å². The summed E-state index contributed by atoms with van der Waals surface area (Å²) in [5.41, 5.74) is 0. The van der Waals surface area contributed by atoms with Gasteiger partial charge in [-0.05, 0) is 63.1 Å². The van der Waals surface area contributed by atoms with Gasteiger partial charge < -0.3 is 4.74 Å². The molecule has 0 bridgehead atoms. The molecular formula is C9H12BrIOSi. The monoisotopic (exact) mass is 370 g/mol. The summed E-state index contributed by atoms with van der Waals surface area (Å²) < 4.78 is 7.87. The highest BCUT2D eigenvalue weighted by atomic mass is 127. The van der Waals surface area contributed by atoms with E-state index in [1.165, 1.54) is 26.3 Å². The van der Waals surface area contributed by atoms with Crippen LogP contribution in [-0.4, -0.2) is 16.8 Å². The molecule has 0 aliphatic carbocycles. The molecule has 0 radical (unpaired) electrons. The highest BCUT2D eigenvalue weighted by Gasteiger charge is 2.00. The predicted octanol–water partition coefficient (Wildman–Crippen LogP) is 2.61. The Morgan fingerprint density at radius 2 is 2.23 bits per heavy atom. The molecule has 0 saturated heterocycles. The molecule has 1 aromatic carbocycles. The molecule has 0 saturated carbocycles. The topological polar surface area (TPSA) is 9.23 Å². The fourth-order valence-electron chi connectivity index (χ4n) is 0.919. The van der Waals surface area contributed by atoms with Crippen LogP contribution >= 0.6 is 38.5 Å². The highest BCUT2D eigenvalue weighted by Crippen LogP contribution is 2.26. The minimum absolute atomic E-state index is 0.836. The zero-order chi connectivity index (χ0) is 9.68. The van der Waals surface area contributed by atoms with Crippen LogP contribution in [0.4, 0.5) is 0 Å². The Kier molecular flexibility index (Phi) is 5.34. The predicted molar refractivity (Wildman–Crippen MR) is 71.7 cm³/mol. The average molecular weight is 371 g/mol. The van der Waals surface area contributed by atoms with Crippen LogP contribution in [0.5, 0.6) is 5.75 Å². The molecule has 13 heavy (non-hydrogen) atoms. The largest absolute Gasteiger partial charge is 0.492 e. The van der Waals surface area contributed by atoms with Gasteiger partial charge in [-0.15, -0.1) is 0 Å². The zero-order valence-corrected chi connectivity index (χ0v) is 13.3. The smallest absolute Gasteiger partial charge is 0.133 e. The molecule has 4 heteroatoms. The van der Waals surface area contributed by atoms with E-state index in [-0.39, 0.29) is 0 Å². The maximum atomic E-state index is 5.60. The van der Waals surface area contributed by atoms with Gasteiger partial charge in [0.1, 0.15) is 5.75 Å². The van der Waals surface area contributed by atoms with Crippen LogP contribution in [0.1, 0.15) is 6.42 Å². The summed E-state index contributed by atoms with van der Waals surface area (Å²) in [5.74, 6) is 0.954. The fourth-order valence-corrected chi connectivity index (χ4v) is 2.62. The molecule has 1 aromatic rings. The molecule has 72 valence electrons. The second-order valence-corrected chi connectivity index (χ2v) is 5.88. The van der Waals surface area contributed by atoms with E-state index in [1.807, 2.05) is 6.07 Å². The van der Waals surface area contributed by atoms with Gasteiger partial charge in [0.05, 0.1) is 11.1 Å². The summed E-state index contributed by atoms with van der Waals surface area (Å²) in [5, 5.41) is 0. The molecule has 0 amide bonds. The first-order valence-electron chi connectivity index (χ1n) is 4.32. The number of rotatable bonds is 4. The quantitative estimate of drug-likeness (QED) is 0.449. The first kappa shape index (κ1) is 11.5. The summed E-state index contributed by atoms with van der Waals surface area (Å²) in [6, 6.07) is 7.44. The summed E-state index contributed by atoms with van der Waals surface area (Å²) in [4.78, 5) is 0. The Balaban J connectivity index is 2.56. The Morgan fingerprint density at radius 1 is 1.46 bits per heavy atom. The lowest BCUT2D eigenvalue weighted by Crippen LogP contribution is -1.97. The third-order valence-corrected chi connectivity index (χ3v) is 3.65. The second kappa shape index (κ2) is 6.03. The number of hydrogen-bond acceptors (Lipinski definition) is 1. The second-order valence-electron chi connectivity index (χ2n) is 2.78.